The van der Waals surface area contributed by atoms with E-state index in [1.807, 2.05) is 18.2 Å². The fourth-order valence-corrected chi connectivity index (χ4v) is 3.64. The van der Waals surface area contributed by atoms with Gasteiger partial charge in [0.25, 0.3) is 0 Å². The van der Waals surface area contributed by atoms with E-state index in [2.05, 4.69) is 68.0 Å². The summed E-state index contributed by atoms with van der Waals surface area (Å²) in [6.45, 7) is 9.80. The molecule has 0 saturated heterocycles. The van der Waals surface area contributed by atoms with E-state index in [0.29, 0.717) is 5.92 Å². The Morgan fingerprint density at radius 3 is 2.36 bits per heavy atom. The van der Waals surface area contributed by atoms with E-state index < -0.39 is 0 Å². The van der Waals surface area contributed by atoms with Crippen LogP contribution in [0.2, 0.25) is 0 Å². The predicted molar refractivity (Wildman–Crippen MR) is 114 cm³/mol. The van der Waals surface area contributed by atoms with Crippen molar-refractivity contribution in [2.45, 2.75) is 34.2 Å². The number of aromatic nitrogens is 1. The standard InChI is InChI=1S/C21H24N2S.BrH/c1-15(2)13-23-20(18-11-10-16(3)17(4)12-18)14-24-21(23)22-19-8-6-5-7-9-19;/h5-12,14-15H,13H2,1-4H3;1H. The summed E-state index contributed by atoms with van der Waals surface area (Å²) in [5, 5.41) is 2.23. The van der Waals surface area contributed by atoms with E-state index in [1.165, 1.54) is 22.4 Å². The van der Waals surface area contributed by atoms with Crippen LogP contribution in [0, 0.1) is 19.8 Å². The van der Waals surface area contributed by atoms with Crippen LogP contribution >= 0.6 is 28.3 Å². The Hall–Kier alpha value is -1.65. The fraction of sp³-hybridized carbons (Fsp3) is 0.286. The first kappa shape index (κ1) is 19.7. The Labute approximate surface area is 164 Å². The van der Waals surface area contributed by atoms with Crippen molar-refractivity contribution in [3.05, 3.63) is 69.8 Å². The molecule has 2 nitrogen and oxygen atoms in total. The molecule has 0 amide bonds. The highest BCUT2D eigenvalue weighted by Crippen LogP contribution is 2.24. The second-order valence-corrected chi connectivity index (χ2v) is 7.49. The lowest BCUT2D eigenvalue weighted by Crippen LogP contribution is -2.18. The van der Waals surface area contributed by atoms with Crippen LogP contribution in [0.3, 0.4) is 0 Å². The topological polar surface area (TPSA) is 17.3 Å². The fourth-order valence-electron chi connectivity index (χ4n) is 2.70. The van der Waals surface area contributed by atoms with E-state index in [1.54, 1.807) is 11.3 Å². The second-order valence-electron chi connectivity index (χ2n) is 6.65. The molecule has 0 unspecified atom stereocenters. The highest BCUT2D eigenvalue weighted by molar-refractivity contribution is 8.93. The monoisotopic (exact) mass is 416 g/mol. The molecule has 1 aromatic heterocycles. The van der Waals surface area contributed by atoms with Crippen molar-refractivity contribution in [1.82, 2.24) is 4.57 Å². The molecule has 3 rings (SSSR count). The second kappa shape index (κ2) is 8.63. The van der Waals surface area contributed by atoms with E-state index >= 15 is 0 Å². The lowest BCUT2D eigenvalue weighted by molar-refractivity contribution is 0.518. The number of thiazole rings is 1. The van der Waals surface area contributed by atoms with Crippen LogP contribution < -0.4 is 4.80 Å². The number of benzene rings is 2. The maximum absolute atomic E-state index is 4.86. The molecule has 0 aliphatic rings. The van der Waals surface area contributed by atoms with Crippen LogP contribution in [0.1, 0.15) is 25.0 Å². The summed E-state index contributed by atoms with van der Waals surface area (Å²) >= 11 is 1.71. The maximum Gasteiger partial charge on any atom is 0.190 e. The number of hydrogen-bond donors (Lipinski definition) is 0. The van der Waals surface area contributed by atoms with E-state index in [9.17, 15) is 0 Å². The number of halogens is 1. The van der Waals surface area contributed by atoms with E-state index in [4.69, 9.17) is 4.99 Å². The summed E-state index contributed by atoms with van der Waals surface area (Å²) in [6, 6.07) is 16.9. The van der Waals surface area contributed by atoms with Crippen molar-refractivity contribution in [2.75, 3.05) is 0 Å². The number of aryl methyl sites for hydroxylation is 2. The largest absolute Gasteiger partial charge is 0.316 e. The highest BCUT2D eigenvalue weighted by Gasteiger charge is 2.10. The molecule has 25 heavy (non-hydrogen) atoms. The highest BCUT2D eigenvalue weighted by atomic mass is 79.9. The van der Waals surface area contributed by atoms with Gasteiger partial charge in [-0.1, -0.05) is 44.2 Å². The predicted octanol–water partition coefficient (Wildman–Crippen LogP) is 6.30. The molecule has 0 aliphatic carbocycles. The van der Waals surface area contributed by atoms with Crippen molar-refractivity contribution in [3.8, 4) is 11.3 Å². The first-order valence-electron chi connectivity index (χ1n) is 8.40. The third kappa shape index (κ3) is 4.71. The Morgan fingerprint density at radius 2 is 1.72 bits per heavy atom. The molecule has 0 spiro atoms. The molecule has 0 atom stereocenters. The van der Waals surface area contributed by atoms with Crippen LogP contribution in [0.25, 0.3) is 11.3 Å². The SMILES string of the molecule is Br.Cc1ccc(-c2csc(=Nc3ccccc3)n2CC(C)C)cc1C. The molecule has 3 aromatic rings. The van der Waals surface area contributed by atoms with Crippen molar-refractivity contribution >= 4 is 34.0 Å². The van der Waals surface area contributed by atoms with Gasteiger partial charge in [0, 0.05) is 11.9 Å². The first-order valence-corrected chi connectivity index (χ1v) is 9.28. The van der Waals surface area contributed by atoms with Crippen LogP contribution in [-0.4, -0.2) is 4.57 Å². The molecule has 2 aromatic carbocycles. The summed E-state index contributed by atoms with van der Waals surface area (Å²) in [4.78, 5) is 5.92. The summed E-state index contributed by atoms with van der Waals surface area (Å²) in [5.41, 5.74) is 6.19. The molecular formula is C21H25BrN2S. The molecule has 1 heterocycles. The zero-order valence-corrected chi connectivity index (χ0v) is 17.7. The van der Waals surface area contributed by atoms with Crippen molar-refractivity contribution in [1.29, 1.82) is 0 Å². The van der Waals surface area contributed by atoms with Gasteiger partial charge in [0.2, 0.25) is 0 Å². The molecule has 0 fully saturated rings. The summed E-state index contributed by atoms with van der Waals surface area (Å²) in [6.07, 6.45) is 0. The smallest absolute Gasteiger partial charge is 0.190 e. The number of nitrogens with zero attached hydrogens (tertiary/aromatic N) is 2. The van der Waals surface area contributed by atoms with Crippen LogP contribution in [0.4, 0.5) is 5.69 Å². The Balaban J connectivity index is 0.00000225. The van der Waals surface area contributed by atoms with Gasteiger partial charge >= 0.3 is 0 Å². The van der Waals surface area contributed by atoms with Gasteiger partial charge in [-0.2, -0.15) is 0 Å². The van der Waals surface area contributed by atoms with Gasteiger partial charge in [-0.3, -0.25) is 0 Å². The molecule has 0 N–H and O–H groups in total. The van der Waals surface area contributed by atoms with Crippen LogP contribution in [0.15, 0.2) is 58.9 Å². The summed E-state index contributed by atoms with van der Waals surface area (Å²) in [7, 11) is 0. The minimum atomic E-state index is 0. The normalized spacial score (nSPS) is 11.6. The minimum Gasteiger partial charge on any atom is -0.316 e. The summed E-state index contributed by atoms with van der Waals surface area (Å²) in [5.74, 6) is 0.569. The number of hydrogen-bond acceptors (Lipinski definition) is 2. The average Bonchev–Trinajstić information content (AvgIpc) is 2.93. The van der Waals surface area contributed by atoms with Crippen molar-refractivity contribution in [3.63, 3.8) is 0 Å². The Morgan fingerprint density at radius 1 is 1.00 bits per heavy atom. The number of para-hydroxylation sites is 1. The molecule has 0 aliphatic heterocycles. The van der Waals surface area contributed by atoms with Gasteiger partial charge in [-0.05, 0) is 54.7 Å². The molecule has 0 radical (unpaired) electrons. The Bertz CT molecular complexity index is 892. The van der Waals surface area contributed by atoms with Gasteiger partial charge in [0.1, 0.15) is 0 Å². The van der Waals surface area contributed by atoms with E-state index in [0.717, 1.165) is 17.0 Å². The molecule has 132 valence electrons. The quantitative estimate of drug-likeness (QED) is 0.474. The minimum absolute atomic E-state index is 0. The Kier molecular flexibility index (Phi) is 6.79. The van der Waals surface area contributed by atoms with Crippen LogP contribution in [-0.2, 0) is 6.54 Å². The third-order valence-corrected chi connectivity index (χ3v) is 4.99. The maximum atomic E-state index is 4.86. The summed E-state index contributed by atoms with van der Waals surface area (Å²) < 4.78 is 2.35. The first-order chi connectivity index (χ1) is 11.5. The molecule has 0 bridgehead atoms. The number of rotatable bonds is 4. The van der Waals surface area contributed by atoms with Crippen molar-refractivity contribution in [2.24, 2.45) is 10.9 Å². The molecule has 4 heteroatoms. The zero-order valence-electron chi connectivity index (χ0n) is 15.2. The van der Waals surface area contributed by atoms with Crippen LogP contribution in [0.5, 0.6) is 0 Å². The van der Waals surface area contributed by atoms with E-state index in [-0.39, 0.29) is 17.0 Å². The molecular weight excluding hydrogens is 392 g/mol. The van der Waals surface area contributed by atoms with Gasteiger partial charge in [-0.25, -0.2) is 4.99 Å². The molecule has 0 saturated carbocycles. The third-order valence-electron chi connectivity index (χ3n) is 4.13. The van der Waals surface area contributed by atoms with Gasteiger partial charge < -0.3 is 4.57 Å². The zero-order chi connectivity index (χ0) is 17.1. The lowest BCUT2D eigenvalue weighted by Gasteiger charge is -2.12. The van der Waals surface area contributed by atoms with Gasteiger partial charge in [-0.15, -0.1) is 28.3 Å². The van der Waals surface area contributed by atoms with Gasteiger partial charge in [0.05, 0.1) is 11.4 Å². The van der Waals surface area contributed by atoms with Crippen molar-refractivity contribution < 1.29 is 0 Å². The lowest BCUT2D eigenvalue weighted by atomic mass is 10.0. The van der Waals surface area contributed by atoms with Gasteiger partial charge in [0.15, 0.2) is 4.80 Å². The average molecular weight is 417 g/mol.